The fraction of sp³-hybridized carbons (Fsp3) is 0.308. The Kier molecular flexibility index (Phi) is 74.8. The molecule has 0 aliphatic carbocycles. The van der Waals surface area contributed by atoms with E-state index in [0.717, 1.165) is 9.59 Å². The van der Waals surface area contributed by atoms with Crippen LogP contribution in [-0.2, 0) is 47.4 Å². The topological polar surface area (TPSA) is 120 Å². The summed E-state index contributed by atoms with van der Waals surface area (Å²) in [5.74, 6) is 0.145. The second-order valence-electron chi connectivity index (χ2n) is 2.46. The summed E-state index contributed by atoms with van der Waals surface area (Å²) in [6.45, 7) is 26.0. The molecular weight excluding hydrogens is 450 g/mol. The average Bonchev–Trinajstić information content (AvgIpc) is 2.57. The van der Waals surface area contributed by atoms with Gasteiger partial charge in [0.05, 0.1) is 0 Å². The van der Waals surface area contributed by atoms with Gasteiger partial charge in [-0.2, -0.15) is 0 Å². The van der Waals surface area contributed by atoms with Crippen LogP contribution in [0.3, 0.4) is 0 Å². The number of likely N-dealkylation sites (N-methyl/N-ethyl adjacent to an activating group) is 1. The van der Waals surface area contributed by atoms with E-state index in [9.17, 15) is 4.79 Å². The van der Waals surface area contributed by atoms with E-state index in [1.54, 1.807) is 6.92 Å². The molecule has 0 aromatic heterocycles. The first kappa shape index (κ1) is 36.7. The van der Waals surface area contributed by atoms with Gasteiger partial charge >= 0.3 is 135 Å². The van der Waals surface area contributed by atoms with Crippen LogP contribution in [-0.4, -0.2) is 28.8 Å². The van der Waals surface area contributed by atoms with Crippen molar-refractivity contribution >= 4 is 9.81 Å². The Hall–Kier alpha value is -1.37. The molecule has 0 radical (unpaired) electrons. The van der Waals surface area contributed by atoms with Crippen LogP contribution in [0.15, 0.2) is 11.6 Å². The van der Waals surface area contributed by atoms with E-state index in [2.05, 4.69) is 33.3 Å². The van der Waals surface area contributed by atoms with Crippen molar-refractivity contribution in [1.82, 2.24) is 4.90 Å². The van der Waals surface area contributed by atoms with Crippen molar-refractivity contribution in [1.29, 1.82) is 0 Å². The molecule has 0 N–H and O–H groups in total. The Balaban J connectivity index is -0.0000000474. The van der Waals surface area contributed by atoms with Crippen LogP contribution < -0.4 is 0 Å². The predicted molar refractivity (Wildman–Crippen MR) is 62.8 cm³/mol. The third-order valence-corrected chi connectivity index (χ3v) is 3.41. The Bertz CT molecular complexity index is 353. The van der Waals surface area contributed by atoms with Crippen molar-refractivity contribution in [2.75, 3.05) is 14.1 Å². The van der Waals surface area contributed by atoms with E-state index < -0.39 is 0 Å². The molecule has 0 heterocycles. The quantitative estimate of drug-likeness (QED) is 0.346. The maximum atomic E-state index is 11.0. The average molecular weight is 463 g/mol. The van der Waals surface area contributed by atoms with Crippen LogP contribution in [0.25, 0.3) is 0 Å². The molecule has 0 saturated carbocycles. The normalized spacial score (nSPS) is 6.71. The Morgan fingerprint density at radius 2 is 1.14 bits per heavy atom. The number of hydrogen-bond acceptors (Lipinski definition) is 2. The third kappa shape index (κ3) is 32.3. The minimum absolute atomic E-state index is 0.145. The molecular formula is C13H13NO6W. The fourth-order valence-electron chi connectivity index (χ4n) is 0.718. The maximum absolute atomic E-state index is 11.0. The summed E-state index contributed by atoms with van der Waals surface area (Å²) in [4.78, 5) is 13.0. The molecule has 7 nitrogen and oxygen atoms in total. The Morgan fingerprint density at radius 3 is 1.19 bits per heavy atom. The number of carbonyl (C=O) groups is 1. The molecule has 0 unspecified atom stereocenters. The van der Waals surface area contributed by atoms with Gasteiger partial charge < -0.3 is 0 Å². The summed E-state index contributed by atoms with van der Waals surface area (Å²) in [7, 11) is 3.91. The first-order valence-corrected chi connectivity index (χ1v) is 5.88. The first-order valence-electron chi connectivity index (χ1n) is 4.41. The number of nitrogens with zero attached hydrogens (tertiary/aromatic N) is 1. The van der Waals surface area contributed by atoms with E-state index in [-0.39, 0.29) is 5.78 Å². The summed E-state index contributed by atoms with van der Waals surface area (Å²) in [6, 6.07) is 0. The molecule has 0 aliphatic heterocycles. The zero-order chi connectivity index (χ0) is 19.0. The van der Waals surface area contributed by atoms with Crippen molar-refractivity contribution in [3.8, 4) is 0 Å². The van der Waals surface area contributed by atoms with Gasteiger partial charge in [-0.3, -0.25) is 0 Å². The van der Waals surface area contributed by atoms with Crippen molar-refractivity contribution in [2.45, 2.75) is 13.8 Å². The van der Waals surface area contributed by atoms with E-state index >= 15 is 0 Å². The van der Waals surface area contributed by atoms with Gasteiger partial charge in [-0.15, -0.1) is 0 Å². The third-order valence-electron chi connectivity index (χ3n) is 1.30. The first-order chi connectivity index (χ1) is 10.0. The molecule has 8 heteroatoms. The van der Waals surface area contributed by atoms with Gasteiger partial charge in [-0.1, -0.05) is 0 Å². The second-order valence-corrected chi connectivity index (χ2v) is 3.85. The molecule has 0 aromatic rings. The Morgan fingerprint density at radius 1 is 0.905 bits per heavy atom. The van der Waals surface area contributed by atoms with Gasteiger partial charge in [0, 0.05) is 0 Å². The summed E-state index contributed by atoms with van der Waals surface area (Å²) in [5.41, 5.74) is 0.838. The molecule has 0 fully saturated rings. The summed E-state index contributed by atoms with van der Waals surface area (Å²) in [5, 5.41) is 0. The predicted octanol–water partition coefficient (Wildman–Crippen LogP) is 0.572. The Labute approximate surface area is 135 Å². The van der Waals surface area contributed by atoms with Crippen LogP contribution >= 0.6 is 0 Å². The zero-order valence-electron chi connectivity index (χ0n) is 11.9. The van der Waals surface area contributed by atoms with Gasteiger partial charge in [0.2, 0.25) is 0 Å². The number of Topliss-reactive ketones (excluding diaryl/α,β-unsaturated/α-hetero) is 1. The number of hydrogen-bond donors (Lipinski definition) is 0. The molecule has 21 heavy (non-hydrogen) atoms. The van der Waals surface area contributed by atoms with Crippen LogP contribution in [0, 0.1) is 33.3 Å². The zero-order valence-corrected chi connectivity index (χ0v) is 14.8. The van der Waals surface area contributed by atoms with E-state index in [1.807, 2.05) is 32.0 Å². The number of carbonyl (C=O) groups excluding carboxylic acids is 1. The molecule has 0 aromatic carbocycles. The summed E-state index contributed by atoms with van der Waals surface area (Å²) < 4.78 is 38.6. The van der Waals surface area contributed by atoms with Gasteiger partial charge in [-0.05, 0) is 0 Å². The van der Waals surface area contributed by atoms with Crippen LogP contribution in [0.4, 0.5) is 0 Å². The van der Waals surface area contributed by atoms with Crippen molar-refractivity contribution < 1.29 is 47.4 Å². The van der Waals surface area contributed by atoms with Crippen LogP contribution in [0.5, 0.6) is 0 Å². The number of allylic oxidation sites excluding steroid dienone is 1. The van der Waals surface area contributed by atoms with Gasteiger partial charge in [0.25, 0.3) is 0 Å². The van der Waals surface area contributed by atoms with E-state index in [1.165, 1.54) is 19.4 Å². The molecule has 112 valence electrons. The van der Waals surface area contributed by atoms with E-state index in [4.69, 9.17) is 23.3 Å². The monoisotopic (exact) mass is 463 g/mol. The molecule has 0 atom stereocenters. The second kappa shape index (κ2) is 42.8. The summed E-state index contributed by atoms with van der Waals surface area (Å²) >= 11 is 1.33. The minimum atomic E-state index is 0.145. The van der Waals surface area contributed by atoms with Gasteiger partial charge in [0.15, 0.2) is 0 Å². The number of rotatable bonds is 3. The fourth-order valence-corrected chi connectivity index (χ4v) is 1.66. The van der Waals surface area contributed by atoms with Crippen molar-refractivity contribution in [3.05, 3.63) is 44.9 Å². The SMILES string of the molecule is C/C=C(\C(C)=O)[C](=[W])N(C)C.[C-]#[O+].[C-]#[O+].[C-]#[O+].[C-]#[O+].[C-]#[O+]. The standard InChI is InChI=1S/C8H13NO.5CO.W/c1-5-8(7(2)10)6-9(3)4;5*1-2;/h5H,1-4H3;;;;;;/b8-5-;;;;;;. The van der Waals surface area contributed by atoms with Crippen LogP contribution in [0.1, 0.15) is 13.8 Å². The summed E-state index contributed by atoms with van der Waals surface area (Å²) in [6.07, 6.45) is 1.87. The number of ketones is 1. The van der Waals surface area contributed by atoms with Gasteiger partial charge in [0.1, 0.15) is 0 Å². The van der Waals surface area contributed by atoms with E-state index in [0.29, 0.717) is 0 Å². The van der Waals surface area contributed by atoms with Gasteiger partial charge in [-0.25, -0.2) is 0 Å². The van der Waals surface area contributed by atoms with Crippen molar-refractivity contribution in [3.63, 3.8) is 0 Å². The molecule has 0 aliphatic rings. The molecule has 0 saturated heterocycles. The molecule has 0 bridgehead atoms. The van der Waals surface area contributed by atoms with Crippen molar-refractivity contribution in [2.24, 2.45) is 0 Å². The molecule has 0 rings (SSSR count). The molecule has 0 amide bonds. The van der Waals surface area contributed by atoms with Crippen LogP contribution in [0.2, 0.25) is 0 Å². The molecule has 0 spiro atoms.